The van der Waals surface area contributed by atoms with Crippen molar-refractivity contribution < 1.29 is 14.6 Å². The first-order chi connectivity index (χ1) is 7.89. The number of ether oxygens (including phenoxy) is 1. The Hall–Kier alpha value is -1.29. The van der Waals surface area contributed by atoms with Crippen LogP contribution in [-0.4, -0.2) is 30.0 Å². The van der Waals surface area contributed by atoms with Gasteiger partial charge in [-0.05, 0) is 32.8 Å². The summed E-state index contributed by atoms with van der Waals surface area (Å²) in [6, 6.07) is 0. The third kappa shape index (κ3) is 9.63. The van der Waals surface area contributed by atoms with Crippen molar-refractivity contribution in [3.8, 4) is 0 Å². The van der Waals surface area contributed by atoms with Crippen molar-refractivity contribution in [1.82, 2.24) is 5.32 Å². The molecule has 4 heteroatoms. The lowest BCUT2D eigenvalue weighted by Crippen LogP contribution is -2.33. The number of nitrogens with one attached hydrogen (secondary N) is 1. The lowest BCUT2D eigenvalue weighted by atomic mass is 10.2. The molecule has 0 heterocycles. The Bertz CT molecular complexity index is 288. The molecule has 0 aliphatic carbocycles. The summed E-state index contributed by atoms with van der Waals surface area (Å²) in [5, 5.41) is 11.4. The van der Waals surface area contributed by atoms with Gasteiger partial charge in [0.25, 0.3) is 0 Å². The molecule has 0 radical (unpaired) electrons. The molecule has 0 unspecified atom stereocenters. The molecule has 0 aliphatic rings. The van der Waals surface area contributed by atoms with Gasteiger partial charge in [0, 0.05) is 6.54 Å². The second-order valence-corrected chi connectivity index (χ2v) is 4.63. The molecule has 98 valence electrons. The van der Waals surface area contributed by atoms with E-state index in [-0.39, 0.29) is 6.61 Å². The highest BCUT2D eigenvalue weighted by molar-refractivity contribution is 5.68. The number of carbonyl (C=O) groups is 1. The fourth-order valence-corrected chi connectivity index (χ4v) is 1.15. The van der Waals surface area contributed by atoms with E-state index in [9.17, 15) is 4.79 Å². The van der Waals surface area contributed by atoms with Crippen LogP contribution in [0.1, 0.15) is 34.1 Å². The molecule has 0 aromatic heterocycles. The summed E-state index contributed by atoms with van der Waals surface area (Å²) in [4.78, 5) is 11.4. The lowest BCUT2D eigenvalue weighted by Gasteiger charge is -2.19. The van der Waals surface area contributed by atoms with Crippen LogP contribution in [0.15, 0.2) is 23.8 Å². The third-order valence-corrected chi connectivity index (χ3v) is 1.74. The van der Waals surface area contributed by atoms with Gasteiger partial charge in [0.15, 0.2) is 0 Å². The fraction of sp³-hybridized carbons (Fsp3) is 0.615. The van der Waals surface area contributed by atoms with Crippen LogP contribution in [-0.2, 0) is 4.74 Å². The number of allylic oxidation sites excluding steroid dienone is 1. The molecule has 0 rings (SSSR count). The average Bonchev–Trinajstić information content (AvgIpc) is 2.19. The fourth-order valence-electron chi connectivity index (χ4n) is 1.15. The zero-order chi connectivity index (χ0) is 13.3. The second-order valence-electron chi connectivity index (χ2n) is 4.63. The standard InChI is InChI=1S/C13H23NO3/c1-5-7-11(8-6-9-15)10-14-12(16)17-13(2,3)4/h6-8,15H,5,9-10H2,1-4H3,(H,14,16)/b8-6-,11-7+. The maximum Gasteiger partial charge on any atom is 0.407 e. The second kappa shape index (κ2) is 7.90. The number of hydrogen-bond donors (Lipinski definition) is 2. The number of hydrogen-bond acceptors (Lipinski definition) is 3. The molecular weight excluding hydrogens is 218 g/mol. The number of aliphatic hydroxyl groups excluding tert-OH is 1. The third-order valence-electron chi connectivity index (χ3n) is 1.74. The van der Waals surface area contributed by atoms with E-state index in [2.05, 4.69) is 5.32 Å². The van der Waals surface area contributed by atoms with Gasteiger partial charge in [-0.25, -0.2) is 4.79 Å². The largest absolute Gasteiger partial charge is 0.444 e. The quantitative estimate of drug-likeness (QED) is 0.727. The maximum absolute atomic E-state index is 11.4. The van der Waals surface area contributed by atoms with Crippen LogP contribution in [0.2, 0.25) is 0 Å². The lowest BCUT2D eigenvalue weighted by molar-refractivity contribution is 0.0533. The SMILES string of the molecule is CC/C=C(\C=C/CO)CNC(=O)OC(C)(C)C. The summed E-state index contributed by atoms with van der Waals surface area (Å²) < 4.78 is 5.12. The molecule has 1 amide bonds. The molecule has 0 spiro atoms. The first kappa shape index (κ1) is 15.7. The molecule has 4 nitrogen and oxygen atoms in total. The molecule has 17 heavy (non-hydrogen) atoms. The Morgan fingerprint density at radius 1 is 1.41 bits per heavy atom. The molecule has 0 bridgehead atoms. The molecule has 0 aromatic rings. The van der Waals surface area contributed by atoms with Gasteiger partial charge in [-0.2, -0.15) is 0 Å². The summed E-state index contributed by atoms with van der Waals surface area (Å²) in [5.41, 5.74) is 0.465. The van der Waals surface area contributed by atoms with E-state index < -0.39 is 11.7 Å². The molecule has 2 N–H and O–H groups in total. The van der Waals surface area contributed by atoms with E-state index in [1.54, 1.807) is 12.2 Å². The van der Waals surface area contributed by atoms with Crippen LogP contribution < -0.4 is 5.32 Å². The summed E-state index contributed by atoms with van der Waals surface area (Å²) in [6.07, 6.45) is 5.86. The Kier molecular flexibility index (Phi) is 7.30. The maximum atomic E-state index is 11.4. The average molecular weight is 241 g/mol. The highest BCUT2D eigenvalue weighted by Crippen LogP contribution is 2.06. The van der Waals surface area contributed by atoms with E-state index in [0.29, 0.717) is 6.54 Å². The predicted molar refractivity (Wildman–Crippen MR) is 68.8 cm³/mol. The smallest absolute Gasteiger partial charge is 0.407 e. The van der Waals surface area contributed by atoms with Gasteiger partial charge in [-0.3, -0.25) is 0 Å². The molecular formula is C13H23NO3. The van der Waals surface area contributed by atoms with Crippen LogP contribution in [0, 0.1) is 0 Å². The first-order valence-corrected chi connectivity index (χ1v) is 5.82. The number of rotatable bonds is 5. The normalized spacial score (nSPS) is 12.9. The van der Waals surface area contributed by atoms with Crippen molar-refractivity contribution in [3.05, 3.63) is 23.8 Å². The number of aliphatic hydroxyl groups is 1. The molecule has 0 saturated carbocycles. The van der Waals surface area contributed by atoms with E-state index >= 15 is 0 Å². The van der Waals surface area contributed by atoms with Gasteiger partial charge >= 0.3 is 6.09 Å². The van der Waals surface area contributed by atoms with E-state index in [1.807, 2.05) is 33.8 Å². The molecule has 0 aliphatic heterocycles. The van der Waals surface area contributed by atoms with Crippen LogP contribution in [0.25, 0.3) is 0 Å². The minimum atomic E-state index is -0.486. The summed E-state index contributed by atoms with van der Waals surface area (Å²) in [5.74, 6) is 0. The van der Waals surface area contributed by atoms with Gasteiger partial charge in [-0.15, -0.1) is 0 Å². The van der Waals surface area contributed by atoms with Crippen LogP contribution >= 0.6 is 0 Å². The van der Waals surface area contributed by atoms with Crippen molar-refractivity contribution in [2.75, 3.05) is 13.2 Å². The predicted octanol–water partition coefficient (Wildman–Crippen LogP) is 2.40. The zero-order valence-corrected chi connectivity index (χ0v) is 11.1. The van der Waals surface area contributed by atoms with Crippen molar-refractivity contribution in [2.24, 2.45) is 0 Å². The van der Waals surface area contributed by atoms with Gasteiger partial charge in [0.1, 0.15) is 5.60 Å². The summed E-state index contributed by atoms with van der Waals surface area (Å²) in [6.45, 7) is 7.87. The molecule has 0 aromatic carbocycles. The number of alkyl carbamates (subject to hydrolysis) is 1. The topological polar surface area (TPSA) is 58.6 Å². The minimum Gasteiger partial charge on any atom is -0.444 e. The van der Waals surface area contributed by atoms with Crippen molar-refractivity contribution in [1.29, 1.82) is 0 Å². The highest BCUT2D eigenvalue weighted by atomic mass is 16.6. The Balaban J connectivity index is 4.18. The van der Waals surface area contributed by atoms with Crippen molar-refractivity contribution in [2.45, 2.75) is 39.7 Å². The van der Waals surface area contributed by atoms with Gasteiger partial charge in [0.05, 0.1) is 6.61 Å². The Morgan fingerprint density at radius 2 is 2.06 bits per heavy atom. The Labute approximate surface area is 103 Å². The van der Waals surface area contributed by atoms with Crippen molar-refractivity contribution in [3.63, 3.8) is 0 Å². The highest BCUT2D eigenvalue weighted by Gasteiger charge is 2.15. The first-order valence-electron chi connectivity index (χ1n) is 5.82. The molecule has 0 fully saturated rings. The van der Waals surface area contributed by atoms with Gasteiger partial charge < -0.3 is 15.2 Å². The van der Waals surface area contributed by atoms with Crippen molar-refractivity contribution >= 4 is 6.09 Å². The Morgan fingerprint density at radius 3 is 2.53 bits per heavy atom. The van der Waals surface area contributed by atoms with Crippen LogP contribution in [0.3, 0.4) is 0 Å². The van der Waals surface area contributed by atoms with Gasteiger partial charge in [0.2, 0.25) is 0 Å². The minimum absolute atomic E-state index is 0.00646. The number of carbonyl (C=O) groups excluding carboxylic acids is 1. The van der Waals surface area contributed by atoms with Crippen LogP contribution in [0.5, 0.6) is 0 Å². The summed E-state index contributed by atoms with van der Waals surface area (Å²) in [7, 11) is 0. The molecule has 0 atom stereocenters. The molecule has 0 saturated heterocycles. The monoisotopic (exact) mass is 241 g/mol. The zero-order valence-electron chi connectivity index (χ0n) is 11.1. The number of amides is 1. The summed E-state index contributed by atoms with van der Waals surface area (Å²) >= 11 is 0. The van der Waals surface area contributed by atoms with Crippen LogP contribution in [0.4, 0.5) is 4.79 Å². The van der Waals surface area contributed by atoms with Gasteiger partial charge in [-0.1, -0.05) is 25.2 Å². The van der Waals surface area contributed by atoms with E-state index in [1.165, 1.54) is 0 Å². The van der Waals surface area contributed by atoms with E-state index in [0.717, 1.165) is 12.0 Å². The van der Waals surface area contributed by atoms with E-state index in [4.69, 9.17) is 9.84 Å².